The van der Waals surface area contributed by atoms with Crippen LogP contribution in [0, 0.1) is 0 Å². The van der Waals surface area contributed by atoms with Crippen LogP contribution in [0.25, 0.3) is 22.5 Å². The standard InChI is InChI=1S/C21H20N4O3/c22-7-10-24-21(26)19-12-17(13-5-8-23-9-6-13)20(28-19)15-1-3-16-14(11-15)2-4-18(16)25-27/h1,3,5-6,8-9,11-12,27H,2,4,7,10,22H2,(H,24,26)/b25-18+. The van der Waals surface area contributed by atoms with E-state index in [9.17, 15) is 4.79 Å². The number of pyridine rings is 1. The number of hydrogen-bond donors (Lipinski definition) is 3. The van der Waals surface area contributed by atoms with Crippen molar-refractivity contribution in [1.82, 2.24) is 10.3 Å². The van der Waals surface area contributed by atoms with Crippen LogP contribution in [0.2, 0.25) is 0 Å². The number of fused-ring (bicyclic) bond motifs is 1. The first-order valence-electron chi connectivity index (χ1n) is 9.08. The Morgan fingerprint density at radius 2 is 1.96 bits per heavy atom. The van der Waals surface area contributed by atoms with Crippen molar-refractivity contribution in [2.75, 3.05) is 13.1 Å². The van der Waals surface area contributed by atoms with Crippen molar-refractivity contribution in [3.05, 3.63) is 65.7 Å². The van der Waals surface area contributed by atoms with Crippen molar-refractivity contribution in [3.8, 4) is 22.5 Å². The molecule has 28 heavy (non-hydrogen) atoms. The number of furan rings is 1. The van der Waals surface area contributed by atoms with Gasteiger partial charge in [0.15, 0.2) is 5.76 Å². The van der Waals surface area contributed by atoms with E-state index in [0.29, 0.717) is 31.0 Å². The van der Waals surface area contributed by atoms with Crippen LogP contribution >= 0.6 is 0 Å². The number of carbonyl (C=O) groups is 1. The zero-order valence-electron chi connectivity index (χ0n) is 15.2. The normalized spacial score (nSPS) is 14.2. The highest BCUT2D eigenvalue weighted by Crippen LogP contribution is 2.37. The van der Waals surface area contributed by atoms with E-state index >= 15 is 0 Å². The number of nitrogens with zero attached hydrogens (tertiary/aromatic N) is 2. The van der Waals surface area contributed by atoms with Gasteiger partial charge in [-0.25, -0.2) is 0 Å². The number of nitrogens with two attached hydrogens (primary N) is 1. The summed E-state index contributed by atoms with van der Waals surface area (Å²) >= 11 is 0. The van der Waals surface area contributed by atoms with E-state index in [1.165, 1.54) is 0 Å². The Kier molecular flexibility index (Phi) is 4.90. The van der Waals surface area contributed by atoms with Crippen LogP contribution in [0.4, 0.5) is 0 Å². The van der Waals surface area contributed by atoms with Gasteiger partial charge in [0.25, 0.3) is 5.91 Å². The van der Waals surface area contributed by atoms with Gasteiger partial charge < -0.3 is 20.7 Å². The number of nitrogens with one attached hydrogen (secondary N) is 1. The molecule has 2 aromatic heterocycles. The van der Waals surface area contributed by atoms with Gasteiger partial charge in [0, 0.05) is 42.2 Å². The van der Waals surface area contributed by atoms with E-state index in [0.717, 1.165) is 34.2 Å². The van der Waals surface area contributed by atoms with E-state index in [1.807, 2.05) is 30.3 Å². The third-order valence-corrected chi connectivity index (χ3v) is 4.81. The average molecular weight is 376 g/mol. The minimum Gasteiger partial charge on any atom is -0.450 e. The number of carbonyl (C=O) groups excluding carboxylic acids is 1. The number of amides is 1. The molecule has 7 nitrogen and oxygen atoms in total. The molecule has 0 unspecified atom stereocenters. The third kappa shape index (κ3) is 3.27. The predicted molar refractivity (Wildman–Crippen MR) is 105 cm³/mol. The molecule has 3 aromatic rings. The fourth-order valence-corrected chi connectivity index (χ4v) is 3.45. The molecule has 7 heteroatoms. The van der Waals surface area contributed by atoms with Crippen molar-refractivity contribution in [2.45, 2.75) is 12.8 Å². The Morgan fingerprint density at radius 3 is 2.71 bits per heavy atom. The maximum atomic E-state index is 12.4. The smallest absolute Gasteiger partial charge is 0.287 e. The lowest BCUT2D eigenvalue weighted by Crippen LogP contribution is -2.28. The van der Waals surface area contributed by atoms with Gasteiger partial charge in [-0.1, -0.05) is 17.3 Å². The first kappa shape index (κ1) is 17.9. The van der Waals surface area contributed by atoms with Gasteiger partial charge in [0.2, 0.25) is 0 Å². The fraction of sp³-hybridized carbons (Fsp3) is 0.190. The summed E-state index contributed by atoms with van der Waals surface area (Å²) in [4.78, 5) is 16.4. The maximum Gasteiger partial charge on any atom is 0.287 e. The summed E-state index contributed by atoms with van der Waals surface area (Å²) in [7, 11) is 0. The highest BCUT2D eigenvalue weighted by molar-refractivity contribution is 6.04. The van der Waals surface area contributed by atoms with Crippen LogP contribution in [0.5, 0.6) is 0 Å². The molecule has 2 heterocycles. The van der Waals surface area contributed by atoms with E-state index in [-0.39, 0.29) is 11.7 Å². The number of benzene rings is 1. The largest absolute Gasteiger partial charge is 0.450 e. The molecular weight excluding hydrogens is 356 g/mol. The summed E-state index contributed by atoms with van der Waals surface area (Å²) in [6.07, 6.45) is 4.91. The topological polar surface area (TPSA) is 114 Å². The number of aryl methyl sites for hydroxylation is 1. The van der Waals surface area contributed by atoms with Crippen LogP contribution in [0.15, 0.2) is 58.4 Å². The Labute approximate surface area is 161 Å². The molecule has 0 atom stereocenters. The monoisotopic (exact) mass is 376 g/mol. The molecule has 1 aliphatic rings. The fourth-order valence-electron chi connectivity index (χ4n) is 3.45. The molecule has 0 spiro atoms. The predicted octanol–water partition coefficient (Wildman–Crippen LogP) is 2.82. The number of oxime groups is 1. The summed E-state index contributed by atoms with van der Waals surface area (Å²) < 4.78 is 5.97. The molecule has 0 fully saturated rings. The highest BCUT2D eigenvalue weighted by Gasteiger charge is 2.23. The molecule has 0 radical (unpaired) electrons. The first-order chi connectivity index (χ1) is 13.7. The Bertz CT molecular complexity index is 1040. The zero-order chi connectivity index (χ0) is 19.5. The highest BCUT2D eigenvalue weighted by atomic mass is 16.4. The lowest BCUT2D eigenvalue weighted by molar-refractivity contribution is 0.0928. The summed E-state index contributed by atoms with van der Waals surface area (Å²) in [5.74, 6) is 0.539. The number of hydrogen-bond acceptors (Lipinski definition) is 6. The molecule has 142 valence electrons. The molecule has 0 saturated carbocycles. The van der Waals surface area contributed by atoms with Gasteiger partial charge in [-0.15, -0.1) is 0 Å². The molecule has 1 aromatic carbocycles. The maximum absolute atomic E-state index is 12.4. The molecular formula is C21H20N4O3. The van der Waals surface area contributed by atoms with Gasteiger partial charge in [-0.3, -0.25) is 9.78 Å². The van der Waals surface area contributed by atoms with Gasteiger partial charge in [-0.2, -0.15) is 0 Å². The second-order valence-electron chi connectivity index (χ2n) is 6.55. The number of aromatic nitrogens is 1. The molecule has 0 saturated heterocycles. The molecule has 1 amide bonds. The summed E-state index contributed by atoms with van der Waals surface area (Å²) in [6.45, 7) is 0.734. The van der Waals surface area contributed by atoms with Crippen molar-refractivity contribution in [3.63, 3.8) is 0 Å². The van der Waals surface area contributed by atoms with Gasteiger partial charge in [0.05, 0.1) is 5.71 Å². The minimum atomic E-state index is -0.303. The van der Waals surface area contributed by atoms with E-state index in [2.05, 4.69) is 15.5 Å². The quantitative estimate of drug-likeness (QED) is 0.468. The second-order valence-corrected chi connectivity index (χ2v) is 6.55. The molecule has 0 aliphatic heterocycles. The van der Waals surface area contributed by atoms with Crippen LogP contribution < -0.4 is 11.1 Å². The van der Waals surface area contributed by atoms with Gasteiger partial charge in [0.1, 0.15) is 5.76 Å². The van der Waals surface area contributed by atoms with E-state index in [1.54, 1.807) is 18.5 Å². The Balaban J connectivity index is 1.79. The van der Waals surface area contributed by atoms with Crippen molar-refractivity contribution in [2.24, 2.45) is 10.9 Å². The lowest BCUT2D eigenvalue weighted by Gasteiger charge is -2.06. The van der Waals surface area contributed by atoms with Gasteiger partial charge in [-0.05, 0) is 48.2 Å². The van der Waals surface area contributed by atoms with Crippen molar-refractivity contribution >= 4 is 11.6 Å². The molecule has 0 bridgehead atoms. The molecule has 4 N–H and O–H groups in total. The SMILES string of the molecule is NCCNC(=O)c1cc(-c2ccncc2)c(-c2ccc3c(c2)CC/C3=N\O)o1. The van der Waals surface area contributed by atoms with Crippen LogP contribution in [0.1, 0.15) is 28.1 Å². The van der Waals surface area contributed by atoms with Crippen LogP contribution in [-0.4, -0.2) is 34.9 Å². The van der Waals surface area contributed by atoms with Crippen molar-refractivity contribution in [1.29, 1.82) is 0 Å². The van der Waals surface area contributed by atoms with E-state index < -0.39 is 0 Å². The molecule has 1 aliphatic carbocycles. The Hall–Kier alpha value is -3.45. The number of rotatable bonds is 5. The van der Waals surface area contributed by atoms with Crippen LogP contribution in [-0.2, 0) is 6.42 Å². The summed E-state index contributed by atoms with van der Waals surface area (Å²) in [5, 5.41) is 15.2. The lowest BCUT2D eigenvalue weighted by atomic mass is 9.99. The minimum absolute atomic E-state index is 0.230. The van der Waals surface area contributed by atoms with Gasteiger partial charge >= 0.3 is 0 Å². The summed E-state index contributed by atoms with van der Waals surface area (Å²) in [6, 6.07) is 11.4. The van der Waals surface area contributed by atoms with Crippen molar-refractivity contribution < 1.29 is 14.4 Å². The average Bonchev–Trinajstić information content (AvgIpc) is 3.36. The first-order valence-corrected chi connectivity index (χ1v) is 9.08. The van der Waals surface area contributed by atoms with Crippen LogP contribution in [0.3, 0.4) is 0 Å². The molecule has 4 rings (SSSR count). The second kappa shape index (κ2) is 7.66. The third-order valence-electron chi connectivity index (χ3n) is 4.81. The summed E-state index contributed by atoms with van der Waals surface area (Å²) in [5.41, 5.74) is 10.8. The Morgan fingerprint density at radius 1 is 1.14 bits per heavy atom. The van der Waals surface area contributed by atoms with E-state index in [4.69, 9.17) is 15.4 Å². The zero-order valence-corrected chi connectivity index (χ0v) is 15.2.